The molecule has 1 aromatic rings. The van der Waals surface area contributed by atoms with Gasteiger partial charge in [0, 0.05) is 17.8 Å². The van der Waals surface area contributed by atoms with E-state index in [0.717, 1.165) is 6.26 Å². The van der Waals surface area contributed by atoms with Gasteiger partial charge in [-0.2, -0.15) is 16.9 Å². The van der Waals surface area contributed by atoms with E-state index >= 15 is 0 Å². The third-order valence-corrected chi connectivity index (χ3v) is 4.83. The number of anilines is 1. The highest BCUT2D eigenvalue weighted by molar-refractivity contribution is 7.88. The van der Waals surface area contributed by atoms with E-state index < -0.39 is 15.9 Å². The summed E-state index contributed by atoms with van der Waals surface area (Å²) in [7, 11) is -3.34. The van der Waals surface area contributed by atoms with Crippen LogP contribution < -0.4 is 11.5 Å². The monoisotopic (exact) mass is 320 g/mol. The highest BCUT2D eigenvalue weighted by Crippen LogP contribution is 2.26. The summed E-state index contributed by atoms with van der Waals surface area (Å²) >= 11 is 4.32. The van der Waals surface area contributed by atoms with Crippen LogP contribution in [0.1, 0.15) is 16.9 Å². The number of primary amides is 1. The van der Waals surface area contributed by atoms with Crippen molar-refractivity contribution in [2.45, 2.75) is 24.3 Å². The van der Waals surface area contributed by atoms with Gasteiger partial charge in [-0.3, -0.25) is 4.79 Å². The summed E-state index contributed by atoms with van der Waals surface area (Å²) < 4.78 is 26.1. The maximum absolute atomic E-state index is 11.7. The van der Waals surface area contributed by atoms with Crippen molar-refractivity contribution < 1.29 is 13.2 Å². The predicted octanol–water partition coefficient (Wildman–Crippen LogP) is -1.71. The minimum absolute atomic E-state index is 0.0357. The summed E-state index contributed by atoms with van der Waals surface area (Å²) in [6, 6.07) is -0.322. The van der Waals surface area contributed by atoms with Crippen molar-refractivity contribution >= 4 is 34.4 Å². The number of rotatable bonds is 4. The van der Waals surface area contributed by atoms with E-state index in [0.29, 0.717) is 13.0 Å². The average Bonchev–Trinajstić information content (AvgIpc) is 2.83. The van der Waals surface area contributed by atoms with Crippen LogP contribution in [0, 0.1) is 0 Å². The lowest BCUT2D eigenvalue weighted by Gasteiger charge is -2.21. The topological polar surface area (TPSA) is 137 Å². The van der Waals surface area contributed by atoms with Gasteiger partial charge in [0.2, 0.25) is 10.0 Å². The molecule has 0 spiro atoms. The van der Waals surface area contributed by atoms with Crippen LogP contribution in [0.2, 0.25) is 0 Å². The lowest BCUT2D eigenvalue weighted by atomic mass is 10.2. The van der Waals surface area contributed by atoms with Gasteiger partial charge < -0.3 is 11.5 Å². The fourth-order valence-corrected chi connectivity index (χ4v) is 3.94. The number of hydrogen-bond acceptors (Lipinski definition) is 7. The number of aromatic nitrogens is 3. The number of hydrogen-bond donors (Lipinski definition) is 3. The Morgan fingerprint density at radius 2 is 2.20 bits per heavy atom. The van der Waals surface area contributed by atoms with E-state index in [9.17, 15) is 13.2 Å². The number of sulfonamides is 1. The molecule has 2 heterocycles. The predicted molar refractivity (Wildman–Crippen MR) is 75.7 cm³/mol. The fourth-order valence-electron chi connectivity index (χ4n) is 2.27. The number of amides is 1. The molecule has 2 atom stereocenters. The van der Waals surface area contributed by atoms with Gasteiger partial charge in [0.15, 0.2) is 11.5 Å². The zero-order valence-electron chi connectivity index (χ0n) is 10.8. The van der Waals surface area contributed by atoms with Gasteiger partial charge in [-0.15, -0.1) is 5.10 Å². The fraction of sp³-hybridized carbons (Fsp3) is 0.667. The summed E-state index contributed by atoms with van der Waals surface area (Å²) in [5.74, 6) is -0.735. The second-order valence-electron chi connectivity index (χ2n) is 4.75. The van der Waals surface area contributed by atoms with Crippen LogP contribution in [0.5, 0.6) is 0 Å². The third-order valence-electron chi connectivity index (χ3n) is 3.16. The van der Waals surface area contributed by atoms with Crippen molar-refractivity contribution in [2.24, 2.45) is 5.73 Å². The SMILES string of the molecule is CS(=O)(=O)N1CC(S)CC1Cn1nnc(C(N)=O)c1N. The molecule has 9 nitrogen and oxygen atoms in total. The van der Waals surface area contributed by atoms with Crippen molar-refractivity contribution in [3.63, 3.8) is 0 Å². The van der Waals surface area contributed by atoms with Gasteiger partial charge in [0.05, 0.1) is 12.8 Å². The van der Waals surface area contributed by atoms with Gasteiger partial charge in [-0.1, -0.05) is 5.21 Å². The first-order valence-corrected chi connectivity index (χ1v) is 8.20. The summed E-state index contributed by atoms with van der Waals surface area (Å²) in [5.41, 5.74) is 10.7. The maximum Gasteiger partial charge on any atom is 0.273 e. The zero-order chi connectivity index (χ0) is 15.1. The Kier molecular flexibility index (Phi) is 3.93. The molecule has 1 amide bonds. The van der Waals surface area contributed by atoms with Crippen LogP contribution in [0.3, 0.4) is 0 Å². The van der Waals surface area contributed by atoms with Crippen LogP contribution in [0.15, 0.2) is 0 Å². The molecule has 1 aliphatic heterocycles. The molecule has 1 aliphatic rings. The van der Waals surface area contributed by atoms with Crippen molar-refractivity contribution in [1.29, 1.82) is 0 Å². The van der Waals surface area contributed by atoms with Crippen molar-refractivity contribution in [3.05, 3.63) is 5.69 Å². The lowest BCUT2D eigenvalue weighted by molar-refractivity contribution is 0.0996. The summed E-state index contributed by atoms with van der Waals surface area (Å²) in [5, 5.41) is 7.28. The first-order chi connectivity index (χ1) is 9.20. The summed E-state index contributed by atoms with van der Waals surface area (Å²) in [6.07, 6.45) is 1.72. The molecule has 2 unspecified atom stereocenters. The Morgan fingerprint density at radius 1 is 1.55 bits per heavy atom. The van der Waals surface area contributed by atoms with Crippen LogP contribution in [0.4, 0.5) is 5.82 Å². The van der Waals surface area contributed by atoms with Gasteiger partial charge in [-0.05, 0) is 6.42 Å². The highest BCUT2D eigenvalue weighted by atomic mass is 32.2. The van der Waals surface area contributed by atoms with Crippen molar-refractivity contribution in [1.82, 2.24) is 19.3 Å². The third kappa shape index (κ3) is 2.88. The van der Waals surface area contributed by atoms with Gasteiger partial charge in [-0.25, -0.2) is 13.1 Å². The number of carbonyl (C=O) groups is 1. The van der Waals surface area contributed by atoms with Crippen LogP contribution in [-0.4, -0.2) is 57.7 Å². The zero-order valence-corrected chi connectivity index (χ0v) is 12.5. The molecular formula is C9H16N6O3S2. The van der Waals surface area contributed by atoms with E-state index in [1.54, 1.807) is 0 Å². The molecular weight excluding hydrogens is 304 g/mol. The van der Waals surface area contributed by atoms with Crippen LogP contribution in [-0.2, 0) is 16.6 Å². The molecule has 1 saturated heterocycles. The Labute approximate surface area is 121 Å². The Morgan fingerprint density at radius 3 is 2.70 bits per heavy atom. The molecule has 4 N–H and O–H groups in total. The van der Waals surface area contributed by atoms with Crippen LogP contribution in [0.25, 0.3) is 0 Å². The first kappa shape index (κ1) is 15.1. The molecule has 0 aliphatic carbocycles. The smallest absolute Gasteiger partial charge is 0.273 e. The second kappa shape index (κ2) is 5.22. The molecule has 0 radical (unpaired) electrons. The summed E-state index contributed by atoms with van der Waals surface area (Å²) in [4.78, 5) is 11.1. The molecule has 1 aromatic heterocycles. The Bertz CT molecular complexity index is 628. The number of nitrogen functional groups attached to an aromatic ring is 1. The molecule has 0 saturated carbocycles. The number of carbonyl (C=O) groups excluding carboxylic acids is 1. The van der Waals surface area contributed by atoms with E-state index in [2.05, 4.69) is 22.9 Å². The molecule has 112 valence electrons. The number of thiol groups is 1. The summed E-state index contributed by atoms with van der Waals surface area (Å²) in [6.45, 7) is 0.542. The quantitative estimate of drug-likeness (QED) is 0.565. The molecule has 0 bridgehead atoms. The normalized spacial score (nSPS) is 24.1. The van der Waals surface area contributed by atoms with Crippen molar-refractivity contribution in [2.75, 3.05) is 18.5 Å². The molecule has 2 rings (SSSR count). The van der Waals surface area contributed by atoms with Gasteiger partial charge >= 0.3 is 0 Å². The highest BCUT2D eigenvalue weighted by Gasteiger charge is 2.36. The van der Waals surface area contributed by atoms with Gasteiger partial charge in [0.25, 0.3) is 5.91 Å². The van der Waals surface area contributed by atoms with Crippen LogP contribution >= 0.6 is 12.6 Å². The molecule has 1 fully saturated rings. The molecule has 11 heteroatoms. The van der Waals surface area contributed by atoms with E-state index in [-0.39, 0.29) is 29.3 Å². The Hall–Kier alpha value is -1.33. The standard InChI is InChI=1S/C9H16N6O3S2/c1-20(17,18)15-4-6(19)2-5(15)3-14-8(10)7(9(11)16)12-13-14/h5-6,19H,2-4,10H2,1H3,(H2,11,16). The number of nitrogens with zero attached hydrogens (tertiary/aromatic N) is 4. The minimum Gasteiger partial charge on any atom is -0.382 e. The number of nitrogens with two attached hydrogens (primary N) is 2. The minimum atomic E-state index is -3.34. The van der Waals surface area contributed by atoms with Gasteiger partial charge in [0.1, 0.15) is 0 Å². The maximum atomic E-state index is 11.7. The average molecular weight is 320 g/mol. The molecule has 20 heavy (non-hydrogen) atoms. The second-order valence-corrected chi connectivity index (χ2v) is 7.41. The largest absolute Gasteiger partial charge is 0.382 e. The van der Waals surface area contributed by atoms with Crippen molar-refractivity contribution in [3.8, 4) is 0 Å². The lowest BCUT2D eigenvalue weighted by Crippen LogP contribution is -2.37. The molecule has 0 aromatic carbocycles. The van der Waals surface area contributed by atoms with E-state index in [4.69, 9.17) is 11.5 Å². The first-order valence-electron chi connectivity index (χ1n) is 5.83. The van der Waals surface area contributed by atoms with E-state index in [1.165, 1.54) is 8.99 Å². The Balaban J connectivity index is 2.23. The van der Waals surface area contributed by atoms with E-state index in [1.807, 2.05) is 0 Å².